The molecule has 2 aromatic heterocycles. The van der Waals surface area contributed by atoms with Gasteiger partial charge in [0.1, 0.15) is 5.82 Å². The van der Waals surface area contributed by atoms with Crippen molar-refractivity contribution in [1.29, 1.82) is 0 Å². The van der Waals surface area contributed by atoms with Gasteiger partial charge in [-0.15, -0.1) is 0 Å². The van der Waals surface area contributed by atoms with Gasteiger partial charge < -0.3 is 10.6 Å². The third-order valence-corrected chi connectivity index (χ3v) is 3.07. The lowest BCUT2D eigenvalue weighted by Crippen LogP contribution is -2.13. The zero-order valence-electron chi connectivity index (χ0n) is 12.0. The van der Waals surface area contributed by atoms with Crippen molar-refractivity contribution >= 4 is 29.0 Å². The Morgan fingerprint density at radius 3 is 2.76 bits per heavy atom. The predicted molar refractivity (Wildman–Crippen MR) is 85.0 cm³/mol. The van der Waals surface area contributed by atoms with Crippen LogP contribution in [0.3, 0.4) is 0 Å². The van der Waals surface area contributed by atoms with E-state index in [1.165, 1.54) is 6.20 Å². The van der Waals surface area contributed by atoms with Crippen LogP contribution in [0.4, 0.5) is 11.5 Å². The molecule has 0 spiro atoms. The van der Waals surface area contributed by atoms with Crippen LogP contribution in [-0.4, -0.2) is 22.4 Å². The van der Waals surface area contributed by atoms with Gasteiger partial charge in [0.2, 0.25) is 0 Å². The lowest BCUT2D eigenvalue weighted by Gasteiger charge is -2.09. The van der Waals surface area contributed by atoms with Crippen LogP contribution in [0.1, 0.15) is 29.3 Å². The lowest BCUT2D eigenvalue weighted by molar-refractivity contribution is 0.102. The summed E-state index contributed by atoms with van der Waals surface area (Å²) in [4.78, 5) is 20.4. The molecule has 2 N–H and O–H groups in total. The predicted octanol–water partition coefficient (Wildman–Crippen LogP) is 3.51. The summed E-state index contributed by atoms with van der Waals surface area (Å²) >= 11 is 6.12. The van der Waals surface area contributed by atoms with Crippen LogP contribution in [-0.2, 0) is 0 Å². The van der Waals surface area contributed by atoms with E-state index in [2.05, 4.69) is 27.5 Å². The van der Waals surface area contributed by atoms with Crippen molar-refractivity contribution in [2.75, 3.05) is 17.2 Å². The summed E-state index contributed by atoms with van der Waals surface area (Å²) in [6.45, 7) is 4.75. The molecule has 110 valence electrons. The zero-order chi connectivity index (χ0) is 15.2. The summed E-state index contributed by atoms with van der Waals surface area (Å²) in [7, 11) is 0. The number of carbonyl (C=O) groups is 1. The molecule has 2 aromatic rings. The first kappa shape index (κ1) is 15.3. The molecule has 6 heteroatoms. The molecule has 0 aromatic carbocycles. The van der Waals surface area contributed by atoms with Crippen LogP contribution in [0.5, 0.6) is 0 Å². The van der Waals surface area contributed by atoms with Gasteiger partial charge in [0.25, 0.3) is 5.91 Å². The minimum Gasteiger partial charge on any atom is -0.369 e. The standard InChI is InChI=1S/C15H17ClN4O/c1-3-4-18-14-13(16)6-11(8-19-14)15(21)20-12-5-10(2)7-17-9-12/h5-9H,3-4H2,1-2H3,(H,18,19)(H,20,21). The van der Waals surface area contributed by atoms with E-state index in [1.807, 2.05) is 13.0 Å². The molecular formula is C15H17ClN4O. The Kier molecular flexibility index (Phi) is 5.11. The molecule has 0 radical (unpaired) electrons. The van der Waals surface area contributed by atoms with E-state index < -0.39 is 0 Å². The minimum atomic E-state index is -0.265. The molecule has 0 aliphatic rings. The van der Waals surface area contributed by atoms with Crippen LogP contribution in [0.25, 0.3) is 0 Å². The Labute approximate surface area is 128 Å². The maximum Gasteiger partial charge on any atom is 0.257 e. The van der Waals surface area contributed by atoms with Crippen LogP contribution < -0.4 is 10.6 Å². The Morgan fingerprint density at radius 2 is 2.10 bits per heavy atom. The van der Waals surface area contributed by atoms with Crippen LogP contribution in [0, 0.1) is 6.92 Å². The first-order valence-corrected chi connectivity index (χ1v) is 7.10. The van der Waals surface area contributed by atoms with Gasteiger partial charge in [0.15, 0.2) is 0 Å². The number of aryl methyl sites for hydroxylation is 1. The fraction of sp³-hybridized carbons (Fsp3) is 0.267. The van der Waals surface area contributed by atoms with Crippen molar-refractivity contribution in [1.82, 2.24) is 9.97 Å². The Hall–Kier alpha value is -2.14. The highest BCUT2D eigenvalue weighted by molar-refractivity contribution is 6.33. The zero-order valence-corrected chi connectivity index (χ0v) is 12.7. The number of anilines is 2. The topological polar surface area (TPSA) is 66.9 Å². The summed E-state index contributed by atoms with van der Waals surface area (Å²) in [5.74, 6) is 0.325. The number of aromatic nitrogens is 2. The molecule has 0 aliphatic heterocycles. The van der Waals surface area contributed by atoms with E-state index in [9.17, 15) is 4.79 Å². The first-order valence-electron chi connectivity index (χ1n) is 6.72. The van der Waals surface area contributed by atoms with Crippen LogP contribution in [0.2, 0.25) is 5.02 Å². The molecule has 0 bridgehead atoms. The van der Waals surface area contributed by atoms with E-state index in [0.717, 1.165) is 18.5 Å². The molecule has 0 atom stereocenters. The fourth-order valence-corrected chi connectivity index (χ4v) is 2.00. The molecule has 5 nitrogen and oxygen atoms in total. The maximum atomic E-state index is 12.1. The maximum absolute atomic E-state index is 12.1. The fourth-order valence-electron chi connectivity index (χ4n) is 1.76. The summed E-state index contributed by atoms with van der Waals surface area (Å²) in [5, 5.41) is 6.30. The largest absolute Gasteiger partial charge is 0.369 e. The van der Waals surface area contributed by atoms with Gasteiger partial charge in [-0.2, -0.15) is 0 Å². The average Bonchev–Trinajstić information content (AvgIpc) is 2.46. The second-order valence-corrected chi connectivity index (χ2v) is 5.09. The highest BCUT2D eigenvalue weighted by atomic mass is 35.5. The third kappa shape index (κ3) is 4.16. The smallest absolute Gasteiger partial charge is 0.257 e. The molecule has 2 heterocycles. The Morgan fingerprint density at radius 1 is 1.29 bits per heavy atom. The summed E-state index contributed by atoms with van der Waals surface area (Å²) < 4.78 is 0. The van der Waals surface area contributed by atoms with E-state index >= 15 is 0 Å². The third-order valence-electron chi connectivity index (χ3n) is 2.78. The number of rotatable bonds is 5. The number of nitrogens with one attached hydrogen (secondary N) is 2. The highest BCUT2D eigenvalue weighted by Gasteiger charge is 2.10. The van der Waals surface area contributed by atoms with Gasteiger partial charge in [-0.25, -0.2) is 4.98 Å². The van der Waals surface area contributed by atoms with Gasteiger partial charge >= 0.3 is 0 Å². The molecule has 0 fully saturated rings. The average molecular weight is 305 g/mol. The van der Waals surface area contributed by atoms with Crippen molar-refractivity contribution in [2.45, 2.75) is 20.3 Å². The molecule has 1 amide bonds. The number of hydrogen-bond acceptors (Lipinski definition) is 4. The Bertz CT molecular complexity index is 645. The van der Waals surface area contributed by atoms with Gasteiger partial charge in [0, 0.05) is 18.9 Å². The van der Waals surface area contributed by atoms with Crippen LogP contribution in [0.15, 0.2) is 30.7 Å². The van der Waals surface area contributed by atoms with Gasteiger partial charge in [-0.3, -0.25) is 9.78 Å². The SMILES string of the molecule is CCCNc1ncc(C(=O)Nc2cncc(C)c2)cc1Cl. The van der Waals surface area contributed by atoms with Crippen LogP contribution >= 0.6 is 11.6 Å². The highest BCUT2D eigenvalue weighted by Crippen LogP contribution is 2.20. The van der Waals surface area contributed by atoms with Crippen molar-refractivity contribution in [3.05, 3.63) is 46.9 Å². The van der Waals surface area contributed by atoms with Crippen molar-refractivity contribution in [2.24, 2.45) is 0 Å². The normalized spacial score (nSPS) is 10.2. The van der Waals surface area contributed by atoms with Crippen molar-refractivity contribution in [3.8, 4) is 0 Å². The summed E-state index contributed by atoms with van der Waals surface area (Å²) in [6.07, 6.45) is 5.79. The minimum absolute atomic E-state index is 0.265. The Balaban J connectivity index is 2.11. The summed E-state index contributed by atoms with van der Waals surface area (Å²) in [5.41, 5.74) is 2.02. The molecule has 0 saturated heterocycles. The van der Waals surface area contributed by atoms with Crippen molar-refractivity contribution < 1.29 is 4.79 Å². The first-order chi connectivity index (χ1) is 10.1. The number of pyridine rings is 2. The molecule has 21 heavy (non-hydrogen) atoms. The number of hydrogen-bond donors (Lipinski definition) is 2. The van der Waals surface area contributed by atoms with E-state index in [0.29, 0.717) is 22.1 Å². The lowest BCUT2D eigenvalue weighted by atomic mass is 10.2. The number of halogens is 1. The number of amides is 1. The number of nitrogens with zero attached hydrogens (tertiary/aromatic N) is 2. The van der Waals surface area contributed by atoms with Gasteiger partial charge in [0.05, 0.1) is 22.5 Å². The summed E-state index contributed by atoms with van der Waals surface area (Å²) in [6, 6.07) is 3.45. The molecule has 0 saturated carbocycles. The second kappa shape index (κ2) is 7.04. The van der Waals surface area contributed by atoms with E-state index in [4.69, 9.17) is 11.6 Å². The molecule has 0 unspecified atom stereocenters. The quantitative estimate of drug-likeness (QED) is 0.887. The van der Waals surface area contributed by atoms with E-state index in [1.54, 1.807) is 18.5 Å². The monoisotopic (exact) mass is 304 g/mol. The van der Waals surface area contributed by atoms with Gasteiger partial charge in [-0.05, 0) is 31.0 Å². The van der Waals surface area contributed by atoms with Gasteiger partial charge in [-0.1, -0.05) is 18.5 Å². The number of carbonyl (C=O) groups excluding carboxylic acids is 1. The molecular weight excluding hydrogens is 288 g/mol. The van der Waals surface area contributed by atoms with Crippen molar-refractivity contribution in [3.63, 3.8) is 0 Å². The molecule has 0 aliphatic carbocycles. The van der Waals surface area contributed by atoms with E-state index in [-0.39, 0.29) is 5.91 Å². The molecule has 2 rings (SSSR count). The second-order valence-electron chi connectivity index (χ2n) is 4.69.